The molecule has 1 aliphatic rings. The Morgan fingerprint density at radius 3 is 2.76 bits per heavy atom. The van der Waals surface area contributed by atoms with Gasteiger partial charge >= 0.3 is 0 Å². The first-order valence-corrected chi connectivity index (χ1v) is 6.22. The molecule has 0 atom stereocenters. The minimum atomic E-state index is 0.625. The highest BCUT2D eigenvalue weighted by Gasteiger charge is 2.20. The van der Waals surface area contributed by atoms with Gasteiger partial charge in [-0.3, -0.25) is 0 Å². The Labute approximate surface area is 102 Å². The molecule has 0 bridgehead atoms. The fourth-order valence-electron chi connectivity index (χ4n) is 1.63. The molecule has 0 spiro atoms. The van der Waals surface area contributed by atoms with Gasteiger partial charge in [-0.1, -0.05) is 0 Å². The van der Waals surface area contributed by atoms with E-state index < -0.39 is 0 Å². The third-order valence-corrected chi connectivity index (χ3v) is 2.93. The van der Waals surface area contributed by atoms with Crippen molar-refractivity contribution < 1.29 is 4.74 Å². The zero-order valence-electron chi connectivity index (χ0n) is 10.1. The molecule has 1 aromatic rings. The van der Waals surface area contributed by atoms with Crippen LogP contribution in [0.25, 0.3) is 0 Å². The highest BCUT2D eigenvalue weighted by Crippen LogP contribution is 2.28. The molecule has 1 saturated carbocycles. The maximum atomic E-state index is 5.72. The van der Waals surface area contributed by atoms with Crippen molar-refractivity contribution in [2.24, 2.45) is 5.92 Å². The van der Waals surface area contributed by atoms with Crippen molar-refractivity contribution >= 4 is 17.1 Å². The largest absolute Gasteiger partial charge is 0.397 e. The summed E-state index contributed by atoms with van der Waals surface area (Å²) in [5.41, 5.74) is 13.6. The molecule has 17 heavy (non-hydrogen) atoms. The normalized spacial score (nSPS) is 14.8. The lowest BCUT2D eigenvalue weighted by Crippen LogP contribution is -2.07. The van der Waals surface area contributed by atoms with Gasteiger partial charge in [0.05, 0.1) is 11.4 Å². The molecule has 5 N–H and O–H groups in total. The second-order valence-corrected chi connectivity index (χ2v) is 4.64. The third-order valence-electron chi connectivity index (χ3n) is 2.93. The van der Waals surface area contributed by atoms with Crippen molar-refractivity contribution in [1.82, 2.24) is 0 Å². The van der Waals surface area contributed by atoms with Crippen LogP contribution in [-0.4, -0.2) is 19.8 Å². The van der Waals surface area contributed by atoms with Crippen molar-refractivity contribution in [2.45, 2.75) is 19.3 Å². The number of hydrogen-bond donors (Lipinski definition) is 3. The molecule has 0 unspecified atom stereocenters. The lowest BCUT2D eigenvalue weighted by molar-refractivity contribution is 0.124. The van der Waals surface area contributed by atoms with E-state index in [-0.39, 0.29) is 0 Å². The number of benzene rings is 1. The fraction of sp³-hybridized carbons (Fsp3) is 0.538. The smallest absolute Gasteiger partial charge is 0.0568 e. The summed E-state index contributed by atoms with van der Waals surface area (Å²) in [6, 6.07) is 5.62. The Kier molecular flexibility index (Phi) is 4.09. The summed E-state index contributed by atoms with van der Waals surface area (Å²) in [5, 5.41) is 3.30. The van der Waals surface area contributed by atoms with Crippen LogP contribution in [0.15, 0.2) is 18.2 Å². The summed E-state index contributed by atoms with van der Waals surface area (Å²) < 4.78 is 5.55. The molecule has 1 fully saturated rings. The minimum Gasteiger partial charge on any atom is -0.397 e. The van der Waals surface area contributed by atoms with Gasteiger partial charge in [0.1, 0.15) is 0 Å². The lowest BCUT2D eigenvalue weighted by Gasteiger charge is -2.08. The van der Waals surface area contributed by atoms with E-state index in [0.29, 0.717) is 11.4 Å². The molecule has 0 saturated heterocycles. The first-order valence-electron chi connectivity index (χ1n) is 6.22. The molecule has 4 heteroatoms. The Balaban J connectivity index is 1.58. The molecule has 94 valence electrons. The SMILES string of the molecule is Nc1ccc(NCCCOCC2CC2)cc1N. The Bertz CT molecular complexity index is 364. The first kappa shape index (κ1) is 12.0. The van der Waals surface area contributed by atoms with E-state index in [0.717, 1.165) is 37.8 Å². The van der Waals surface area contributed by atoms with Crippen molar-refractivity contribution in [3.63, 3.8) is 0 Å². The van der Waals surface area contributed by atoms with E-state index in [2.05, 4.69) is 5.32 Å². The van der Waals surface area contributed by atoms with Crippen LogP contribution in [0.5, 0.6) is 0 Å². The van der Waals surface area contributed by atoms with Crippen molar-refractivity contribution in [1.29, 1.82) is 0 Å². The monoisotopic (exact) mass is 235 g/mol. The number of rotatable bonds is 7. The predicted molar refractivity (Wildman–Crippen MR) is 71.9 cm³/mol. The Morgan fingerprint density at radius 1 is 1.24 bits per heavy atom. The Hall–Kier alpha value is -1.42. The van der Waals surface area contributed by atoms with Gasteiger partial charge in [-0.25, -0.2) is 0 Å². The van der Waals surface area contributed by atoms with Gasteiger partial charge < -0.3 is 21.5 Å². The highest BCUT2D eigenvalue weighted by molar-refractivity contribution is 5.69. The highest BCUT2D eigenvalue weighted by atomic mass is 16.5. The molecule has 1 aliphatic carbocycles. The van der Waals surface area contributed by atoms with Gasteiger partial charge in [-0.15, -0.1) is 0 Å². The summed E-state index contributed by atoms with van der Waals surface area (Å²) in [4.78, 5) is 0. The van der Waals surface area contributed by atoms with Crippen LogP contribution in [0, 0.1) is 5.92 Å². The lowest BCUT2D eigenvalue weighted by atomic mass is 10.2. The summed E-state index contributed by atoms with van der Waals surface area (Å²) in [7, 11) is 0. The van der Waals surface area contributed by atoms with Crippen molar-refractivity contribution in [2.75, 3.05) is 36.5 Å². The molecule has 0 aliphatic heterocycles. The molecule has 0 radical (unpaired) electrons. The number of nitrogens with one attached hydrogen (secondary N) is 1. The van der Waals surface area contributed by atoms with E-state index in [4.69, 9.17) is 16.2 Å². The molecule has 2 rings (SSSR count). The number of nitrogen functional groups attached to an aromatic ring is 2. The summed E-state index contributed by atoms with van der Waals surface area (Å²) in [6.07, 6.45) is 3.71. The molecule has 0 aromatic heterocycles. The van der Waals surface area contributed by atoms with Gasteiger partial charge in [0.2, 0.25) is 0 Å². The second-order valence-electron chi connectivity index (χ2n) is 4.64. The van der Waals surface area contributed by atoms with Crippen LogP contribution in [0.2, 0.25) is 0 Å². The average molecular weight is 235 g/mol. The average Bonchev–Trinajstić information content (AvgIpc) is 3.12. The standard InChI is InChI=1S/C13H21N3O/c14-12-5-4-11(8-13(12)15)16-6-1-7-17-9-10-2-3-10/h4-5,8,10,16H,1-3,6-7,9,14-15H2. The van der Waals surface area contributed by atoms with Gasteiger partial charge in [0.25, 0.3) is 0 Å². The van der Waals surface area contributed by atoms with Crippen molar-refractivity contribution in [3.8, 4) is 0 Å². The first-order chi connectivity index (χ1) is 8.25. The molecule has 0 amide bonds. The molecular formula is C13H21N3O. The van der Waals surface area contributed by atoms with Gasteiger partial charge in [-0.2, -0.15) is 0 Å². The number of anilines is 3. The number of nitrogens with two attached hydrogens (primary N) is 2. The van der Waals surface area contributed by atoms with E-state index in [1.807, 2.05) is 18.2 Å². The van der Waals surface area contributed by atoms with Crippen LogP contribution in [0.4, 0.5) is 17.1 Å². The summed E-state index contributed by atoms with van der Waals surface area (Å²) >= 11 is 0. The number of ether oxygens (including phenoxy) is 1. The molecule has 0 heterocycles. The second kappa shape index (κ2) is 5.77. The fourth-order valence-corrected chi connectivity index (χ4v) is 1.63. The summed E-state index contributed by atoms with van der Waals surface area (Å²) in [5.74, 6) is 0.847. The summed E-state index contributed by atoms with van der Waals surface area (Å²) in [6.45, 7) is 2.66. The molecule has 1 aromatic carbocycles. The third kappa shape index (κ3) is 4.15. The van der Waals surface area contributed by atoms with E-state index >= 15 is 0 Å². The quantitative estimate of drug-likeness (QED) is 0.500. The van der Waals surface area contributed by atoms with Gasteiger partial charge in [-0.05, 0) is 43.4 Å². The zero-order valence-corrected chi connectivity index (χ0v) is 10.1. The van der Waals surface area contributed by atoms with E-state index in [1.165, 1.54) is 12.8 Å². The van der Waals surface area contributed by atoms with Gasteiger partial charge in [0, 0.05) is 25.4 Å². The van der Waals surface area contributed by atoms with Crippen LogP contribution < -0.4 is 16.8 Å². The topological polar surface area (TPSA) is 73.3 Å². The molecular weight excluding hydrogens is 214 g/mol. The van der Waals surface area contributed by atoms with E-state index in [1.54, 1.807) is 0 Å². The molecule has 4 nitrogen and oxygen atoms in total. The maximum Gasteiger partial charge on any atom is 0.0568 e. The van der Waals surface area contributed by atoms with Gasteiger partial charge in [0.15, 0.2) is 0 Å². The zero-order chi connectivity index (χ0) is 12.1. The van der Waals surface area contributed by atoms with E-state index in [9.17, 15) is 0 Å². The van der Waals surface area contributed by atoms with Crippen LogP contribution in [-0.2, 0) is 4.74 Å². The van der Waals surface area contributed by atoms with Crippen LogP contribution >= 0.6 is 0 Å². The predicted octanol–water partition coefficient (Wildman–Crippen LogP) is 2.08. The Morgan fingerprint density at radius 2 is 2.06 bits per heavy atom. The minimum absolute atomic E-state index is 0.625. The van der Waals surface area contributed by atoms with Crippen LogP contribution in [0.3, 0.4) is 0 Å². The van der Waals surface area contributed by atoms with Crippen LogP contribution in [0.1, 0.15) is 19.3 Å². The maximum absolute atomic E-state index is 5.72. The van der Waals surface area contributed by atoms with Crippen molar-refractivity contribution in [3.05, 3.63) is 18.2 Å². The number of hydrogen-bond acceptors (Lipinski definition) is 4.